The maximum absolute atomic E-state index is 12.3. The molecule has 1 unspecified atom stereocenters. The van der Waals surface area contributed by atoms with Crippen molar-refractivity contribution in [3.05, 3.63) is 83.0 Å². The van der Waals surface area contributed by atoms with E-state index in [-0.39, 0.29) is 18.7 Å². The molecule has 34 heavy (non-hydrogen) atoms. The van der Waals surface area contributed by atoms with Crippen LogP contribution in [0.15, 0.2) is 66.3 Å². The molecule has 4 amide bonds. The van der Waals surface area contributed by atoms with E-state index in [0.717, 1.165) is 5.56 Å². The number of carboxylic acid groups (broad SMARTS) is 1. The monoisotopic (exact) mass is 481 g/mol. The average molecular weight is 482 g/mol. The highest BCUT2D eigenvalue weighted by molar-refractivity contribution is 7.14. The molecule has 1 atom stereocenters. The summed E-state index contributed by atoms with van der Waals surface area (Å²) in [6.07, 6.45) is 2.95. The highest BCUT2D eigenvalue weighted by Gasteiger charge is 2.21. The first-order valence-corrected chi connectivity index (χ1v) is 11.2. The van der Waals surface area contributed by atoms with Gasteiger partial charge in [-0.15, -0.1) is 11.3 Å². The van der Waals surface area contributed by atoms with Crippen molar-refractivity contribution >= 4 is 40.2 Å². The zero-order chi connectivity index (χ0) is 24.3. The third-order valence-electron chi connectivity index (χ3n) is 4.69. The van der Waals surface area contributed by atoms with Crippen molar-refractivity contribution in [3.63, 3.8) is 0 Å². The Morgan fingerprint density at radius 1 is 1.00 bits per heavy atom. The molecule has 0 aliphatic carbocycles. The summed E-state index contributed by atoms with van der Waals surface area (Å²) in [6, 6.07) is 13.8. The van der Waals surface area contributed by atoms with Crippen LogP contribution in [0.5, 0.6) is 0 Å². The number of aromatic nitrogens is 1. The lowest BCUT2D eigenvalue weighted by Gasteiger charge is -2.13. The topological polar surface area (TPSA) is 150 Å². The van der Waals surface area contributed by atoms with Crippen LogP contribution in [0, 0.1) is 0 Å². The highest BCUT2D eigenvalue weighted by Crippen LogP contribution is 2.20. The van der Waals surface area contributed by atoms with Gasteiger partial charge in [-0.2, -0.15) is 0 Å². The second-order valence-corrected chi connectivity index (χ2v) is 8.07. The van der Waals surface area contributed by atoms with Crippen molar-refractivity contribution < 1.29 is 24.3 Å². The normalized spacial score (nSPS) is 11.2. The second kappa shape index (κ2) is 12.1. The molecule has 0 saturated heterocycles. The minimum absolute atomic E-state index is 0.139. The van der Waals surface area contributed by atoms with Gasteiger partial charge in [0, 0.05) is 30.9 Å². The fourth-order valence-electron chi connectivity index (χ4n) is 2.93. The molecule has 2 aromatic heterocycles. The molecule has 3 rings (SSSR count). The minimum Gasteiger partial charge on any atom is -0.481 e. The number of urea groups is 1. The van der Waals surface area contributed by atoms with Gasteiger partial charge in [0.1, 0.15) is 5.92 Å². The first-order valence-electron chi connectivity index (χ1n) is 10.3. The lowest BCUT2D eigenvalue weighted by molar-refractivity contribution is -0.138. The number of anilines is 1. The molecule has 0 bridgehead atoms. The maximum Gasteiger partial charge on any atom is 0.320 e. The predicted molar refractivity (Wildman–Crippen MR) is 127 cm³/mol. The van der Waals surface area contributed by atoms with E-state index < -0.39 is 29.7 Å². The quantitative estimate of drug-likeness (QED) is 0.300. The SMILES string of the molecule is O=C(CNC(=O)c1csc(NC(=O)NCc2ccccc2)c1)NCC(C(=O)O)c1cccnc1. The molecule has 0 radical (unpaired) electrons. The molecule has 10 nitrogen and oxygen atoms in total. The molecule has 1 aromatic carbocycles. The fourth-order valence-corrected chi connectivity index (χ4v) is 3.70. The first kappa shape index (κ1) is 24.4. The summed E-state index contributed by atoms with van der Waals surface area (Å²) < 4.78 is 0. The predicted octanol–water partition coefficient (Wildman–Crippen LogP) is 2.18. The lowest BCUT2D eigenvalue weighted by atomic mass is 10.0. The largest absolute Gasteiger partial charge is 0.481 e. The van der Waals surface area contributed by atoms with Crippen molar-refractivity contribution in [3.8, 4) is 0 Å². The number of carboxylic acids is 1. The number of rotatable bonds is 10. The van der Waals surface area contributed by atoms with Crippen molar-refractivity contribution in [1.82, 2.24) is 20.9 Å². The van der Waals surface area contributed by atoms with Gasteiger partial charge in [-0.1, -0.05) is 36.4 Å². The van der Waals surface area contributed by atoms with Gasteiger partial charge < -0.3 is 21.1 Å². The van der Waals surface area contributed by atoms with Crippen LogP contribution in [0.4, 0.5) is 9.80 Å². The number of hydrogen-bond donors (Lipinski definition) is 5. The van der Waals surface area contributed by atoms with Crippen molar-refractivity contribution in [1.29, 1.82) is 0 Å². The molecule has 0 spiro atoms. The Labute approximate surface area is 199 Å². The molecule has 5 N–H and O–H groups in total. The van der Waals surface area contributed by atoms with Gasteiger partial charge in [0.15, 0.2) is 0 Å². The van der Waals surface area contributed by atoms with Gasteiger partial charge in [0.2, 0.25) is 5.91 Å². The fraction of sp³-hybridized carbons (Fsp3) is 0.174. The van der Waals surface area contributed by atoms with E-state index in [1.165, 1.54) is 29.8 Å². The van der Waals surface area contributed by atoms with Crippen LogP contribution in [0.2, 0.25) is 0 Å². The van der Waals surface area contributed by atoms with E-state index in [9.17, 15) is 24.3 Å². The Bertz CT molecular complexity index is 1140. The van der Waals surface area contributed by atoms with E-state index in [4.69, 9.17) is 0 Å². The molecule has 11 heteroatoms. The number of pyridine rings is 1. The van der Waals surface area contributed by atoms with Crippen LogP contribution in [0.1, 0.15) is 27.4 Å². The van der Waals surface area contributed by atoms with Crippen molar-refractivity contribution in [2.45, 2.75) is 12.5 Å². The Hall–Kier alpha value is -4.25. The van der Waals surface area contributed by atoms with Crippen LogP contribution >= 0.6 is 11.3 Å². The average Bonchev–Trinajstić information content (AvgIpc) is 3.31. The number of nitrogens with one attached hydrogen (secondary N) is 4. The van der Waals surface area contributed by atoms with Crippen LogP contribution in [-0.2, 0) is 16.1 Å². The Kier molecular flexibility index (Phi) is 8.69. The third-order valence-corrected chi connectivity index (χ3v) is 5.54. The van der Waals surface area contributed by atoms with Gasteiger partial charge in [-0.3, -0.25) is 24.7 Å². The van der Waals surface area contributed by atoms with Crippen LogP contribution in [0.25, 0.3) is 0 Å². The molecular weight excluding hydrogens is 458 g/mol. The molecule has 0 saturated carbocycles. The summed E-state index contributed by atoms with van der Waals surface area (Å²) in [6.45, 7) is -0.0985. The van der Waals surface area contributed by atoms with Crippen molar-refractivity contribution in [2.24, 2.45) is 0 Å². The number of amides is 4. The summed E-state index contributed by atoms with van der Waals surface area (Å²) in [4.78, 5) is 51.8. The van der Waals surface area contributed by atoms with Crippen LogP contribution in [0.3, 0.4) is 0 Å². The smallest absolute Gasteiger partial charge is 0.320 e. The zero-order valence-electron chi connectivity index (χ0n) is 18.0. The number of thiophene rings is 1. The van der Waals surface area contributed by atoms with E-state index in [1.54, 1.807) is 17.5 Å². The molecule has 0 aliphatic heterocycles. The van der Waals surface area contributed by atoms with Crippen LogP contribution in [-0.4, -0.2) is 47.0 Å². The summed E-state index contributed by atoms with van der Waals surface area (Å²) >= 11 is 1.17. The van der Waals surface area contributed by atoms with Gasteiger partial charge in [0.05, 0.1) is 17.1 Å². The summed E-state index contributed by atoms with van der Waals surface area (Å²) in [5, 5.41) is 21.8. The summed E-state index contributed by atoms with van der Waals surface area (Å²) in [5.74, 6) is -3.07. The molecule has 2 heterocycles. The van der Waals surface area contributed by atoms with Crippen molar-refractivity contribution in [2.75, 3.05) is 18.4 Å². The number of benzene rings is 1. The van der Waals surface area contributed by atoms with Gasteiger partial charge in [-0.25, -0.2) is 4.79 Å². The standard InChI is InChI=1S/C23H23N5O5S/c29-19(25-12-18(22(31)32)16-7-4-8-24-11-16)13-26-21(30)17-9-20(34-14-17)28-23(33)27-10-15-5-2-1-3-6-15/h1-9,11,14,18H,10,12-13H2,(H,25,29)(H,26,30)(H,31,32)(H2,27,28,33). The second-order valence-electron chi connectivity index (χ2n) is 7.16. The summed E-state index contributed by atoms with van der Waals surface area (Å²) in [7, 11) is 0. The Balaban J connectivity index is 1.42. The Morgan fingerprint density at radius 3 is 2.50 bits per heavy atom. The van der Waals surface area contributed by atoms with Gasteiger partial charge in [-0.05, 0) is 23.3 Å². The number of aliphatic carboxylic acids is 1. The lowest BCUT2D eigenvalue weighted by Crippen LogP contribution is -2.39. The first-order chi connectivity index (χ1) is 16.4. The highest BCUT2D eigenvalue weighted by atomic mass is 32.1. The minimum atomic E-state index is -1.09. The molecular formula is C23H23N5O5S. The number of carbonyl (C=O) groups is 4. The number of carbonyl (C=O) groups excluding carboxylic acids is 3. The zero-order valence-corrected chi connectivity index (χ0v) is 18.8. The Morgan fingerprint density at radius 2 is 1.79 bits per heavy atom. The number of hydrogen-bond acceptors (Lipinski definition) is 6. The molecule has 3 aromatic rings. The van der Waals surface area contributed by atoms with E-state index in [1.807, 2.05) is 30.3 Å². The molecule has 176 valence electrons. The maximum atomic E-state index is 12.3. The number of nitrogens with zero attached hydrogens (tertiary/aromatic N) is 1. The summed E-state index contributed by atoms with van der Waals surface area (Å²) in [5.41, 5.74) is 1.71. The van der Waals surface area contributed by atoms with Crippen LogP contribution < -0.4 is 21.3 Å². The van der Waals surface area contributed by atoms with Gasteiger partial charge in [0.25, 0.3) is 5.91 Å². The van der Waals surface area contributed by atoms with E-state index >= 15 is 0 Å². The van der Waals surface area contributed by atoms with Gasteiger partial charge >= 0.3 is 12.0 Å². The molecule has 0 aliphatic rings. The van der Waals surface area contributed by atoms with E-state index in [2.05, 4.69) is 26.3 Å². The van der Waals surface area contributed by atoms with E-state index in [0.29, 0.717) is 17.1 Å². The third kappa shape index (κ3) is 7.41. The molecule has 0 fully saturated rings.